The van der Waals surface area contributed by atoms with Gasteiger partial charge in [-0.15, -0.1) is 0 Å². The molecule has 0 heterocycles. The summed E-state index contributed by atoms with van der Waals surface area (Å²) in [6.45, 7) is 0. The van der Waals surface area contributed by atoms with Crippen LogP contribution in [0.25, 0.3) is 0 Å². The molecule has 0 saturated carbocycles. The van der Waals surface area contributed by atoms with E-state index in [1.807, 2.05) is 0 Å². The minimum atomic E-state index is 0. The first-order chi connectivity index (χ1) is 0. The van der Waals surface area contributed by atoms with Crippen molar-refractivity contribution < 1.29 is 0 Å². The molecule has 0 aliphatic rings. The molecule has 4 heteroatoms. The van der Waals surface area contributed by atoms with Gasteiger partial charge in [0, 0.05) is 84.0 Å². The molecule has 0 fully saturated rings. The predicted octanol–water partition coefficient (Wildman–Crippen LogP) is 0.985. The van der Waals surface area contributed by atoms with Gasteiger partial charge in [0.15, 0.2) is 0 Å². The van der Waals surface area contributed by atoms with E-state index >= 15 is 0 Å². The number of hydrogen-bond acceptors (Lipinski definition) is 0. The van der Waals surface area contributed by atoms with Crippen LogP contribution in [-0.2, 0) is 0 Å². The predicted molar refractivity (Wildman–Crippen MR) is 32.4 cm³/mol. The Morgan fingerprint density at radius 2 is 1.00 bits per heavy atom. The average molecular weight is 486 g/mol. The van der Waals surface area contributed by atoms with Crippen LogP contribution in [-0.4, -0.2) is 50.1 Å². The maximum atomic E-state index is 0. The first kappa shape index (κ1) is 28.9. The molecule has 21 valence electrons. The van der Waals surface area contributed by atoms with Gasteiger partial charge < -0.3 is 0 Å². The van der Waals surface area contributed by atoms with E-state index in [2.05, 4.69) is 0 Å². The summed E-state index contributed by atoms with van der Waals surface area (Å²) >= 11 is 0. The molecule has 4 heavy (non-hydrogen) atoms. The molecule has 0 N–H and O–H groups in total. The fourth-order valence-corrected chi connectivity index (χ4v) is 0. The van der Waals surface area contributed by atoms with E-state index < -0.39 is 0 Å². The van der Waals surface area contributed by atoms with Crippen molar-refractivity contribution in [3.05, 3.63) is 0 Å². The quantitative estimate of drug-likeness (QED) is 0.273. The van der Waals surface area contributed by atoms with Crippen molar-refractivity contribution in [2.24, 2.45) is 0 Å². The van der Waals surface area contributed by atoms with Gasteiger partial charge in [0.1, 0.15) is 0 Å². The molecular formula is BiIPSn. The molecule has 0 amide bonds. The van der Waals surface area contributed by atoms with Gasteiger partial charge in [-0.1, -0.05) is 0 Å². The molecule has 11 radical (unpaired) electrons. The third kappa shape index (κ3) is 8.85. The molecule has 0 aliphatic carbocycles. The zero-order valence-electron chi connectivity index (χ0n) is 1.77. The van der Waals surface area contributed by atoms with Crippen LogP contribution < -0.4 is 0 Å². The minimum Gasteiger partial charge on any atom is 0 e. The van der Waals surface area contributed by atoms with Crippen LogP contribution in [0.4, 0.5) is 0 Å². The third-order valence-electron chi connectivity index (χ3n) is 0. The molecule has 0 saturated heterocycles. The van der Waals surface area contributed by atoms with Crippen molar-refractivity contribution in [1.29, 1.82) is 0 Å². The van der Waals surface area contributed by atoms with Crippen molar-refractivity contribution in [3.63, 3.8) is 0 Å². The van der Waals surface area contributed by atoms with Gasteiger partial charge >= 0.3 is 0 Å². The van der Waals surface area contributed by atoms with E-state index in [9.17, 15) is 0 Å². The monoisotopic (exact) mass is 487 g/mol. The smallest absolute Gasteiger partial charge is 0 e. The van der Waals surface area contributed by atoms with Crippen LogP contribution >= 0.6 is 33.9 Å². The molecule has 0 aliphatic heterocycles. The molecule has 0 nitrogen and oxygen atoms in total. The Labute approximate surface area is 82.6 Å². The van der Waals surface area contributed by atoms with Crippen molar-refractivity contribution in [3.8, 4) is 0 Å². The van der Waals surface area contributed by atoms with Crippen LogP contribution in [0.3, 0.4) is 0 Å². The molecule has 0 aromatic carbocycles. The van der Waals surface area contributed by atoms with Gasteiger partial charge in [-0.2, -0.15) is 0 Å². The van der Waals surface area contributed by atoms with Crippen LogP contribution in [0.2, 0.25) is 0 Å². The van der Waals surface area contributed by atoms with Crippen molar-refractivity contribution in [2.75, 3.05) is 0 Å². The van der Waals surface area contributed by atoms with Crippen LogP contribution in [0, 0.1) is 0 Å². The van der Waals surface area contributed by atoms with Crippen molar-refractivity contribution >= 4 is 84.0 Å². The second-order valence-electron chi connectivity index (χ2n) is 0. The summed E-state index contributed by atoms with van der Waals surface area (Å²) in [7, 11) is 0. The maximum Gasteiger partial charge on any atom is 0 e. The van der Waals surface area contributed by atoms with E-state index in [1.54, 1.807) is 0 Å². The van der Waals surface area contributed by atoms with E-state index in [-0.39, 0.29) is 84.0 Å². The van der Waals surface area contributed by atoms with Crippen LogP contribution in [0.15, 0.2) is 0 Å². The zero-order valence-corrected chi connectivity index (χ0v) is 11.2. The van der Waals surface area contributed by atoms with Crippen LogP contribution in [0.1, 0.15) is 0 Å². The Morgan fingerprint density at radius 1 is 1.00 bits per heavy atom. The Morgan fingerprint density at radius 3 is 1.00 bits per heavy atom. The fraction of sp³-hybridized carbons (Fsp3) is 0. The topological polar surface area (TPSA) is 0 Å². The van der Waals surface area contributed by atoms with E-state index in [1.165, 1.54) is 0 Å². The number of hydrogen-bond donors (Lipinski definition) is 0. The average Bonchev–Trinajstić information content (AvgIpc) is 0. The molecule has 0 rings (SSSR count). The summed E-state index contributed by atoms with van der Waals surface area (Å²) in [5.41, 5.74) is 0. The maximum absolute atomic E-state index is 0. The first-order valence-corrected chi connectivity index (χ1v) is 0. The Bertz CT molecular complexity index is 8.00. The molecule has 0 aromatic heterocycles. The number of halogens is 1. The molecule has 0 bridgehead atoms. The largest absolute Gasteiger partial charge is 0 e. The first-order valence-electron chi connectivity index (χ1n) is 0. The summed E-state index contributed by atoms with van der Waals surface area (Å²) in [5, 5.41) is 0. The summed E-state index contributed by atoms with van der Waals surface area (Å²) in [4.78, 5) is 0. The van der Waals surface area contributed by atoms with Crippen molar-refractivity contribution in [2.45, 2.75) is 0 Å². The van der Waals surface area contributed by atoms with Gasteiger partial charge in [-0.3, -0.25) is 0 Å². The van der Waals surface area contributed by atoms with Gasteiger partial charge in [0.25, 0.3) is 0 Å². The third-order valence-corrected chi connectivity index (χ3v) is 0. The van der Waals surface area contributed by atoms with Gasteiger partial charge in [-0.05, 0) is 0 Å². The summed E-state index contributed by atoms with van der Waals surface area (Å²) < 4.78 is 0. The Kier molecular flexibility index (Phi) is 123. The second kappa shape index (κ2) is 17.0. The SMILES string of the molecule is [Bi].[I].[P].[Sn]. The van der Waals surface area contributed by atoms with Crippen molar-refractivity contribution in [1.82, 2.24) is 0 Å². The van der Waals surface area contributed by atoms with Gasteiger partial charge in [0.2, 0.25) is 0 Å². The van der Waals surface area contributed by atoms with Gasteiger partial charge in [-0.25, -0.2) is 0 Å². The van der Waals surface area contributed by atoms with E-state index in [0.717, 1.165) is 0 Å². The summed E-state index contributed by atoms with van der Waals surface area (Å²) in [6.07, 6.45) is 0. The van der Waals surface area contributed by atoms with E-state index in [4.69, 9.17) is 0 Å². The number of rotatable bonds is 0. The Balaban J connectivity index is 0. The minimum absolute atomic E-state index is 0. The molecule has 0 spiro atoms. The zero-order chi connectivity index (χ0) is 0. The summed E-state index contributed by atoms with van der Waals surface area (Å²) in [6, 6.07) is 0. The molecule has 0 aromatic rings. The Hall–Kier alpha value is 2.84. The van der Waals surface area contributed by atoms with Crippen LogP contribution in [0.5, 0.6) is 0 Å². The van der Waals surface area contributed by atoms with Gasteiger partial charge in [0.05, 0.1) is 0 Å². The molecule has 0 unspecified atom stereocenters. The second-order valence-corrected chi connectivity index (χ2v) is 0. The fourth-order valence-electron chi connectivity index (χ4n) is 0. The molecular weight excluding hydrogens is 486 g/mol. The van der Waals surface area contributed by atoms with E-state index in [0.29, 0.717) is 0 Å². The standard InChI is InChI=1S/Bi.I.P.Sn. The normalized spacial score (nSPS) is 0. The summed E-state index contributed by atoms with van der Waals surface area (Å²) in [5.74, 6) is 0. The molecule has 0 atom stereocenters.